The number of halogens is 1. The summed E-state index contributed by atoms with van der Waals surface area (Å²) in [6, 6.07) is 20.2. The van der Waals surface area contributed by atoms with E-state index in [9.17, 15) is 14.0 Å². The Hall–Kier alpha value is -4.13. The molecule has 0 saturated carbocycles. The predicted molar refractivity (Wildman–Crippen MR) is 122 cm³/mol. The summed E-state index contributed by atoms with van der Waals surface area (Å²) in [4.78, 5) is 26.3. The molecule has 168 valence electrons. The molecule has 3 aromatic carbocycles. The van der Waals surface area contributed by atoms with Crippen molar-refractivity contribution < 1.29 is 23.5 Å². The molecule has 4 rings (SSSR count). The van der Waals surface area contributed by atoms with E-state index in [1.54, 1.807) is 36.4 Å². The molecule has 1 heterocycles. The number of benzene rings is 3. The number of rotatable bonds is 8. The number of urea groups is 1. The van der Waals surface area contributed by atoms with Crippen molar-refractivity contribution in [2.24, 2.45) is 0 Å². The van der Waals surface area contributed by atoms with Gasteiger partial charge in [0.2, 0.25) is 0 Å². The molecule has 1 saturated heterocycles. The summed E-state index contributed by atoms with van der Waals surface area (Å²) in [5.74, 6) is 0.336. The number of nitrogens with one attached hydrogen (secondary N) is 1. The van der Waals surface area contributed by atoms with Crippen molar-refractivity contribution in [2.45, 2.75) is 20.1 Å². The summed E-state index contributed by atoms with van der Waals surface area (Å²) in [5.41, 5.74) is 2.56. The number of ether oxygens (including phenoxy) is 2. The van der Waals surface area contributed by atoms with E-state index in [2.05, 4.69) is 5.32 Å². The maximum atomic E-state index is 13.1. The lowest BCUT2D eigenvalue weighted by Crippen LogP contribution is -2.30. The van der Waals surface area contributed by atoms with Gasteiger partial charge in [-0.2, -0.15) is 0 Å². The minimum Gasteiger partial charge on any atom is -0.490 e. The number of amides is 3. The van der Waals surface area contributed by atoms with E-state index in [-0.39, 0.29) is 24.7 Å². The highest BCUT2D eigenvalue weighted by atomic mass is 19.1. The van der Waals surface area contributed by atoms with Crippen LogP contribution in [0.1, 0.15) is 23.6 Å². The maximum absolute atomic E-state index is 13.1. The lowest BCUT2D eigenvalue weighted by Gasteiger charge is -2.13. The Bertz CT molecular complexity index is 1180. The quantitative estimate of drug-likeness (QED) is 0.395. The van der Waals surface area contributed by atoms with Gasteiger partial charge in [-0.05, 0) is 54.0 Å². The summed E-state index contributed by atoms with van der Waals surface area (Å²) < 4.78 is 24.6. The number of hydrogen-bond donors (Lipinski definition) is 1. The van der Waals surface area contributed by atoms with Crippen molar-refractivity contribution in [2.75, 3.05) is 6.61 Å². The minimum absolute atomic E-state index is 0.193. The maximum Gasteiger partial charge on any atom is 0.329 e. The van der Waals surface area contributed by atoms with Gasteiger partial charge in [0.15, 0.2) is 11.5 Å². The van der Waals surface area contributed by atoms with Crippen LogP contribution in [-0.2, 0) is 17.9 Å². The van der Waals surface area contributed by atoms with E-state index in [0.717, 1.165) is 11.1 Å². The Balaban J connectivity index is 1.50. The fourth-order valence-electron chi connectivity index (χ4n) is 3.39. The highest BCUT2D eigenvalue weighted by molar-refractivity contribution is 6.13. The van der Waals surface area contributed by atoms with Crippen LogP contribution in [0, 0.1) is 5.82 Å². The molecule has 0 bridgehead atoms. The van der Waals surface area contributed by atoms with Gasteiger partial charge in [0.25, 0.3) is 5.91 Å². The summed E-state index contributed by atoms with van der Waals surface area (Å²) in [6.45, 7) is 2.73. The third kappa shape index (κ3) is 5.38. The highest BCUT2D eigenvalue weighted by Gasteiger charge is 2.33. The molecule has 33 heavy (non-hydrogen) atoms. The van der Waals surface area contributed by atoms with Crippen LogP contribution in [0.3, 0.4) is 0 Å². The molecule has 0 aliphatic carbocycles. The second-order valence-corrected chi connectivity index (χ2v) is 7.42. The van der Waals surface area contributed by atoms with Gasteiger partial charge in [0.1, 0.15) is 18.1 Å². The summed E-state index contributed by atoms with van der Waals surface area (Å²) in [5, 5.41) is 2.64. The topological polar surface area (TPSA) is 67.9 Å². The summed E-state index contributed by atoms with van der Waals surface area (Å²) in [7, 11) is 0. The fraction of sp³-hybridized carbons (Fsp3) is 0.154. The number of nitrogens with zero attached hydrogens (tertiary/aromatic N) is 1. The minimum atomic E-state index is -0.459. The van der Waals surface area contributed by atoms with Crippen LogP contribution < -0.4 is 14.8 Å². The zero-order valence-electron chi connectivity index (χ0n) is 18.1. The molecule has 1 fully saturated rings. The normalized spacial score (nSPS) is 14.5. The van der Waals surface area contributed by atoms with Gasteiger partial charge in [-0.25, -0.2) is 9.18 Å². The van der Waals surface area contributed by atoms with Crippen LogP contribution in [0.2, 0.25) is 0 Å². The Morgan fingerprint density at radius 3 is 2.39 bits per heavy atom. The van der Waals surface area contributed by atoms with Crippen molar-refractivity contribution in [3.63, 3.8) is 0 Å². The molecule has 7 heteroatoms. The van der Waals surface area contributed by atoms with Gasteiger partial charge in [0.05, 0.1) is 13.2 Å². The van der Waals surface area contributed by atoms with E-state index < -0.39 is 11.9 Å². The average molecular weight is 446 g/mol. The third-order valence-electron chi connectivity index (χ3n) is 5.03. The van der Waals surface area contributed by atoms with Gasteiger partial charge in [-0.15, -0.1) is 0 Å². The molecule has 0 radical (unpaired) electrons. The first-order valence-corrected chi connectivity index (χ1v) is 10.6. The average Bonchev–Trinajstić information content (AvgIpc) is 3.08. The van der Waals surface area contributed by atoms with E-state index >= 15 is 0 Å². The smallest absolute Gasteiger partial charge is 0.329 e. The molecule has 1 N–H and O–H groups in total. The summed E-state index contributed by atoms with van der Waals surface area (Å²) >= 11 is 0. The van der Waals surface area contributed by atoms with Crippen LogP contribution >= 0.6 is 0 Å². The van der Waals surface area contributed by atoms with Crippen LogP contribution in [-0.4, -0.2) is 23.4 Å². The van der Waals surface area contributed by atoms with E-state index in [1.807, 2.05) is 37.3 Å². The largest absolute Gasteiger partial charge is 0.490 e. The Morgan fingerprint density at radius 2 is 1.67 bits per heavy atom. The molecular formula is C26H23FN2O4. The lowest BCUT2D eigenvalue weighted by atomic mass is 10.1. The number of imide groups is 1. The zero-order valence-corrected chi connectivity index (χ0v) is 18.1. The first-order chi connectivity index (χ1) is 16.0. The molecular weight excluding hydrogens is 423 g/mol. The van der Waals surface area contributed by atoms with Crippen LogP contribution in [0.15, 0.2) is 78.5 Å². The van der Waals surface area contributed by atoms with Crippen LogP contribution in [0.5, 0.6) is 11.5 Å². The number of hydrogen-bond acceptors (Lipinski definition) is 4. The zero-order chi connectivity index (χ0) is 23.2. The third-order valence-corrected chi connectivity index (χ3v) is 5.03. The van der Waals surface area contributed by atoms with Gasteiger partial charge >= 0.3 is 6.03 Å². The highest BCUT2D eigenvalue weighted by Crippen LogP contribution is 2.30. The number of carbonyl (C=O) groups excluding carboxylic acids is 2. The van der Waals surface area contributed by atoms with Gasteiger partial charge in [-0.3, -0.25) is 9.69 Å². The predicted octanol–water partition coefficient (Wildman–Crippen LogP) is 4.90. The van der Waals surface area contributed by atoms with E-state index in [4.69, 9.17) is 9.47 Å². The van der Waals surface area contributed by atoms with Gasteiger partial charge < -0.3 is 14.8 Å². The fourth-order valence-corrected chi connectivity index (χ4v) is 3.39. The monoisotopic (exact) mass is 446 g/mol. The SMILES string of the molecule is CCOc1cc(/C=C2\NC(=O)N(Cc3ccccc3)C2=O)ccc1OCc1ccc(F)cc1. The first-order valence-electron chi connectivity index (χ1n) is 10.6. The molecule has 3 aromatic rings. The molecule has 6 nitrogen and oxygen atoms in total. The van der Waals surface area contributed by atoms with Crippen molar-refractivity contribution >= 4 is 18.0 Å². The van der Waals surface area contributed by atoms with Crippen LogP contribution in [0.4, 0.5) is 9.18 Å². The van der Waals surface area contributed by atoms with Crippen molar-refractivity contribution in [3.05, 3.63) is 101 Å². The second kappa shape index (κ2) is 9.99. The van der Waals surface area contributed by atoms with Gasteiger partial charge in [0, 0.05) is 0 Å². The molecule has 0 unspecified atom stereocenters. The molecule has 3 amide bonds. The van der Waals surface area contributed by atoms with E-state index in [0.29, 0.717) is 23.7 Å². The van der Waals surface area contributed by atoms with Crippen molar-refractivity contribution in [3.8, 4) is 11.5 Å². The molecule has 1 aliphatic rings. The molecule has 0 aromatic heterocycles. The molecule has 0 spiro atoms. The standard InChI is InChI=1S/C26H23FN2O4/c1-2-32-24-15-20(10-13-23(24)33-17-19-8-11-21(27)12-9-19)14-22-25(30)29(26(31)28-22)16-18-6-4-3-5-7-18/h3-15H,2,16-17H2,1H3,(H,28,31)/b22-14-. The Morgan fingerprint density at radius 1 is 0.909 bits per heavy atom. The van der Waals surface area contributed by atoms with Crippen LogP contribution in [0.25, 0.3) is 6.08 Å². The van der Waals surface area contributed by atoms with Gasteiger partial charge in [-0.1, -0.05) is 48.5 Å². The Kier molecular flexibility index (Phi) is 6.69. The molecule has 1 aliphatic heterocycles. The summed E-state index contributed by atoms with van der Waals surface area (Å²) in [6.07, 6.45) is 1.61. The lowest BCUT2D eigenvalue weighted by molar-refractivity contribution is -0.123. The van der Waals surface area contributed by atoms with E-state index in [1.165, 1.54) is 17.0 Å². The number of carbonyl (C=O) groups is 2. The van der Waals surface area contributed by atoms with Crippen molar-refractivity contribution in [1.82, 2.24) is 10.2 Å². The Labute approximate surface area is 191 Å². The second-order valence-electron chi connectivity index (χ2n) is 7.42. The first kappa shape index (κ1) is 22.1. The van der Waals surface area contributed by atoms with Crippen molar-refractivity contribution in [1.29, 1.82) is 0 Å². The molecule has 0 atom stereocenters.